The van der Waals surface area contributed by atoms with Gasteiger partial charge in [0.15, 0.2) is 0 Å². The fraction of sp³-hybridized carbons (Fsp3) is 0.417. The van der Waals surface area contributed by atoms with Crippen LogP contribution in [0.25, 0.3) is 0 Å². The Morgan fingerprint density at radius 3 is 2.60 bits per heavy atom. The predicted octanol–water partition coefficient (Wildman–Crippen LogP) is 2.28. The largest absolute Gasteiger partial charge is 0.416 e. The quantitative estimate of drug-likeness (QED) is 0.907. The van der Waals surface area contributed by atoms with E-state index in [0.29, 0.717) is 0 Å². The Bertz CT molecular complexity index is 606. The van der Waals surface area contributed by atoms with Gasteiger partial charge in [-0.25, -0.2) is 13.1 Å². The molecule has 8 heteroatoms. The summed E-state index contributed by atoms with van der Waals surface area (Å²) in [7, 11) is -3.77. The molecule has 110 valence electrons. The van der Waals surface area contributed by atoms with E-state index in [1.54, 1.807) is 0 Å². The fourth-order valence-corrected chi connectivity index (χ4v) is 2.63. The lowest BCUT2D eigenvalue weighted by Gasteiger charge is -2.10. The first-order valence-corrected chi connectivity index (χ1v) is 7.32. The molecule has 0 spiro atoms. The molecule has 20 heavy (non-hydrogen) atoms. The van der Waals surface area contributed by atoms with E-state index in [2.05, 4.69) is 4.72 Å². The highest BCUT2D eigenvalue weighted by Gasteiger charge is 2.30. The van der Waals surface area contributed by atoms with E-state index in [9.17, 15) is 21.6 Å². The highest BCUT2D eigenvalue weighted by atomic mass is 32.2. The second-order valence-electron chi connectivity index (χ2n) is 4.34. The second kappa shape index (κ2) is 6.24. The molecule has 1 unspecified atom stereocenters. The van der Waals surface area contributed by atoms with E-state index >= 15 is 0 Å². The molecule has 0 radical (unpaired) electrons. The average molecular weight is 306 g/mol. The topological polar surface area (TPSA) is 70.0 Å². The molecule has 1 rings (SSSR count). The third kappa shape index (κ3) is 5.19. The number of benzene rings is 1. The maximum absolute atomic E-state index is 12.5. The van der Waals surface area contributed by atoms with Gasteiger partial charge in [0.25, 0.3) is 0 Å². The van der Waals surface area contributed by atoms with Crippen molar-refractivity contribution in [1.82, 2.24) is 4.72 Å². The molecule has 0 aromatic heterocycles. The van der Waals surface area contributed by atoms with Crippen molar-refractivity contribution in [2.45, 2.75) is 18.9 Å². The smallest absolute Gasteiger partial charge is 0.214 e. The van der Waals surface area contributed by atoms with Gasteiger partial charge in [-0.05, 0) is 18.6 Å². The number of hydrogen-bond donors (Lipinski definition) is 1. The number of nitrogens with zero attached hydrogens (tertiary/aromatic N) is 1. The van der Waals surface area contributed by atoms with E-state index in [4.69, 9.17) is 5.26 Å². The van der Waals surface area contributed by atoms with E-state index in [1.807, 2.05) is 6.07 Å². The van der Waals surface area contributed by atoms with E-state index in [0.717, 1.165) is 18.2 Å². The Morgan fingerprint density at radius 2 is 2.05 bits per heavy atom. The van der Waals surface area contributed by atoms with Gasteiger partial charge in [0.05, 0.1) is 23.3 Å². The predicted molar refractivity (Wildman–Crippen MR) is 66.8 cm³/mol. The Hall–Kier alpha value is -1.59. The Kier molecular flexibility index (Phi) is 5.14. The molecule has 1 aromatic rings. The first-order chi connectivity index (χ1) is 9.14. The lowest BCUT2D eigenvalue weighted by molar-refractivity contribution is -0.137. The van der Waals surface area contributed by atoms with Gasteiger partial charge in [0.2, 0.25) is 10.0 Å². The summed E-state index contributed by atoms with van der Waals surface area (Å²) in [6, 6.07) is 6.00. The number of alkyl halides is 3. The van der Waals surface area contributed by atoms with Crippen LogP contribution in [0, 0.1) is 17.2 Å². The number of rotatable bonds is 5. The lowest BCUT2D eigenvalue weighted by Crippen LogP contribution is -2.29. The molecule has 0 bridgehead atoms. The van der Waals surface area contributed by atoms with Crippen molar-refractivity contribution in [1.29, 1.82) is 5.26 Å². The second-order valence-corrected chi connectivity index (χ2v) is 6.14. The number of halogens is 3. The number of sulfonamides is 1. The van der Waals surface area contributed by atoms with Crippen molar-refractivity contribution in [2.75, 3.05) is 6.54 Å². The molecule has 1 N–H and O–H groups in total. The summed E-state index contributed by atoms with van der Waals surface area (Å²) in [4.78, 5) is 0. The van der Waals surface area contributed by atoms with E-state index in [-0.39, 0.29) is 12.1 Å². The lowest BCUT2D eigenvalue weighted by atomic mass is 10.1. The molecular weight excluding hydrogens is 293 g/mol. The molecule has 1 aromatic carbocycles. The molecule has 0 saturated heterocycles. The van der Waals surface area contributed by atoms with Crippen molar-refractivity contribution in [3.05, 3.63) is 35.4 Å². The Morgan fingerprint density at radius 1 is 1.40 bits per heavy atom. The number of nitriles is 1. The third-order valence-corrected chi connectivity index (χ3v) is 3.76. The van der Waals surface area contributed by atoms with E-state index in [1.165, 1.54) is 13.0 Å². The SMILES string of the molecule is CC(C#N)CNS(=O)(=O)Cc1cccc(C(F)(F)F)c1. The summed E-state index contributed by atoms with van der Waals surface area (Å²) in [5.74, 6) is -1.07. The highest BCUT2D eigenvalue weighted by Crippen LogP contribution is 2.29. The van der Waals surface area contributed by atoms with Gasteiger partial charge in [0, 0.05) is 6.54 Å². The van der Waals surface area contributed by atoms with Gasteiger partial charge in [0.1, 0.15) is 0 Å². The Labute approximate surface area is 115 Å². The summed E-state index contributed by atoms with van der Waals surface area (Å²) in [6.45, 7) is 1.46. The van der Waals surface area contributed by atoms with Crippen molar-refractivity contribution in [3.8, 4) is 6.07 Å². The van der Waals surface area contributed by atoms with Gasteiger partial charge < -0.3 is 0 Å². The average Bonchev–Trinajstić information content (AvgIpc) is 2.35. The molecule has 0 aliphatic heterocycles. The van der Waals surface area contributed by atoms with Crippen molar-refractivity contribution >= 4 is 10.0 Å². The van der Waals surface area contributed by atoms with Crippen LogP contribution in [0.15, 0.2) is 24.3 Å². The molecular formula is C12H13F3N2O2S. The zero-order valence-corrected chi connectivity index (χ0v) is 11.4. The van der Waals surface area contributed by atoms with Gasteiger partial charge in [-0.2, -0.15) is 18.4 Å². The molecule has 4 nitrogen and oxygen atoms in total. The first kappa shape index (κ1) is 16.5. The van der Waals surface area contributed by atoms with Crippen LogP contribution in [0.3, 0.4) is 0 Å². The highest BCUT2D eigenvalue weighted by molar-refractivity contribution is 7.88. The van der Waals surface area contributed by atoms with Crippen molar-refractivity contribution in [3.63, 3.8) is 0 Å². The maximum atomic E-state index is 12.5. The monoisotopic (exact) mass is 306 g/mol. The molecule has 0 heterocycles. The standard InChI is InChI=1S/C12H13F3N2O2S/c1-9(6-16)7-17-20(18,19)8-10-3-2-4-11(5-10)12(13,14)15/h2-5,9,17H,7-8H2,1H3. The van der Waals surface area contributed by atoms with Crippen LogP contribution in [0.1, 0.15) is 18.1 Å². The zero-order chi connectivity index (χ0) is 15.4. The number of hydrogen-bond acceptors (Lipinski definition) is 3. The van der Waals surface area contributed by atoms with Crippen LogP contribution in [0.4, 0.5) is 13.2 Å². The van der Waals surface area contributed by atoms with Crippen LogP contribution in [0.2, 0.25) is 0 Å². The maximum Gasteiger partial charge on any atom is 0.416 e. The van der Waals surface area contributed by atoms with E-state index < -0.39 is 33.4 Å². The molecule has 0 aliphatic rings. The van der Waals surface area contributed by atoms with Crippen molar-refractivity contribution < 1.29 is 21.6 Å². The minimum Gasteiger partial charge on any atom is -0.214 e. The summed E-state index contributed by atoms with van der Waals surface area (Å²) in [6.07, 6.45) is -4.51. The molecule has 1 atom stereocenters. The zero-order valence-electron chi connectivity index (χ0n) is 10.6. The normalized spacial score (nSPS) is 13.8. The third-order valence-electron chi connectivity index (χ3n) is 2.44. The Balaban J connectivity index is 2.81. The summed E-state index contributed by atoms with van der Waals surface area (Å²) < 4.78 is 63.0. The minimum absolute atomic E-state index is 0.0388. The summed E-state index contributed by atoms with van der Waals surface area (Å²) in [5.41, 5.74) is -0.854. The van der Waals surface area contributed by atoms with Gasteiger partial charge in [-0.1, -0.05) is 18.2 Å². The van der Waals surface area contributed by atoms with Gasteiger partial charge >= 0.3 is 6.18 Å². The van der Waals surface area contributed by atoms with Gasteiger partial charge in [-0.3, -0.25) is 0 Å². The van der Waals surface area contributed by atoms with Crippen molar-refractivity contribution in [2.24, 2.45) is 5.92 Å². The minimum atomic E-state index is -4.51. The van der Waals surface area contributed by atoms with Crippen LogP contribution < -0.4 is 4.72 Å². The molecule has 0 saturated carbocycles. The molecule has 0 fully saturated rings. The fourth-order valence-electron chi connectivity index (χ4n) is 1.41. The van der Waals surface area contributed by atoms with Crippen LogP contribution >= 0.6 is 0 Å². The summed E-state index contributed by atoms with van der Waals surface area (Å²) >= 11 is 0. The van der Waals surface area contributed by atoms with Crippen LogP contribution in [0.5, 0.6) is 0 Å². The molecule has 0 aliphatic carbocycles. The van der Waals surface area contributed by atoms with Crippen LogP contribution in [-0.4, -0.2) is 15.0 Å². The molecule has 0 amide bonds. The number of nitrogens with one attached hydrogen (secondary N) is 1. The van der Waals surface area contributed by atoms with Crippen LogP contribution in [-0.2, 0) is 22.0 Å². The van der Waals surface area contributed by atoms with Gasteiger partial charge in [-0.15, -0.1) is 0 Å². The first-order valence-electron chi connectivity index (χ1n) is 5.67. The summed E-state index contributed by atoms with van der Waals surface area (Å²) in [5, 5.41) is 8.54.